The molecule has 2 amide bonds. The van der Waals surface area contributed by atoms with Crippen molar-refractivity contribution in [2.75, 3.05) is 52.0 Å². The molecule has 9 heteroatoms. The maximum Gasteiger partial charge on any atom is 0.318 e. The number of benzene rings is 1. The summed E-state index contributed by atoms with van der Waals surface area (Å²) < 4.78 is 16.0. The zero-order valence-corrected chi connectivity index (χ0v) is 17.4. The normalized spacial score (nSPS) is 16.1. The van der Waals surface area contributed by atoms with Gasteiger partial charge in [0.05, 0.1) is 39.7 Å². The summed E-state index contributed by atoms with van der Waals surface area (Å²) in [6.45, 7) is 4.47. The number of fused-ring (bicyclic) bond motifs is 1. The molecular weight excluding hydrogens is 386 g/mol. The molecule has 0 aliphatic carbocycles. The number of ether oxygens (including phenoxy) is 3. The van der Waals surface area contributed by atoms with Crippen LogP contribution in [0.2, 0.25) is 0 Å². The van der Waals surface area contributed by atoms with Crippen molar-refractivity contribution in [1.82, 2.24) is 20.2 Å². The van der Waals surface area contributed by atoms with E-state index in [2.05, 4.69) is 15.2 Å². The molecule has 0 radical (unpaired) electrons. The number of carbonyl (C=O) groups is 1. The molecule has 1 N–H and O–H groups in total. The van der Waals surface area contributed by atoms with Crippen LogP contribution in [0.3, 0.4) is 0 Å². The van der Waals surface area contributed by atoms with Crippen LogP contribution < -0.4 is 19.7 Å². The Morgan fingerprint density at radius 3 is 2.73 bits per heavy atom. The van der Waals surface area contributed by atoms with E-state index in [1.54, 1.807) is 19.1 Å². The van der Waals surface area contributed by atoms with Gasteiger partial charge in [-0.3, -0.25) is 0 Å². The highest BCUT2D eigenvalue weighted by atomic mass is 16.5. The molecule has 2 aliphatic heterocycles. The summed E-state index contributed by atoms with van der Waals surface area (Å²) in [5.74, 6) is 2.02. The van der Waals surface area contributed by atoms with Gasteiger partial charge in [-0.05, 0) is 29.7 Å². The molecule has 30 heavy (non-hydrogen) atoms. The number of aromatic nitrogens is 2. The van der Waals surface area contributed by atoms with Crippen LogP contribution in [0.4, 0.5) is 10.7 Å². The smallest absolute Gasteiger partial charge is 0.318 e. The van der Waals surface area contributed by atoms with E-state index in [4.69, 9.17) is 19.2 Å². The van der Waals surface area contributed by atoms with Crippen LogP contribution in [0.25, 0.3) is 0 Å². The molecule has 2 aliphatic rings. The molecule has 4 rings (SSSR count). The lowest BCUT2D eigenvalue weighted by Gasteiger charge is -2.30. The van der Waals surface area contributed by atoms with E-state index in [1.165, 1.54) is 0 Å². The summed E-state index contributed by atoms with van der Waals surface area (Å²) in [4.78, 5) is 25.9. The molecule has 2 aromatic rings. The van der Waals surface area contributed by atoms with Gasteiger partial charge in [0.25, 0.3) is 0 Å². The van der Waals surface area contributed by atoms with Crippen LogP contribution in [-0.4, -0.2) is 68.0 Å². The molecule has 1 saturated heterocycles. The van der Waals surface area contributed by atoms with Crippen molar-refractivity contribution in [3.05, 3.63) is 41.2 Å². The van der Waals surface area contributed by atoms with Crippen LogP contribution in [0.1, 0.15) is 16.8 Å². The van der Waals surface area contributed by atoms with Gasteiger partial charge in [-0.25, -0.2) is 14.8 Å². The second kappa shape index (κ2) is 9.17. The van der Waals surface area contributed by atoms with Crippen molar-refractivity contribution in [3.8, 4) is 11.5 Å². The maximum atomic E-state index is 12.7. The third kappa shape index (κ3) is 4.40. The first-order valence-corrected chi connectivity index (χ1v) is 10.1. The zero-order valence-electron chi connectivity index (χ0n) is 17.4. The number of nitrogens with zero attached hydrogens (tertiary/aromatic N) is 4. The SMILES string of the molecule is COc1ccc(CNC(=O)N2CCc3cnc(N4CCOCC4)nc3C2)cc1OC. The number of methoxy groups -OCH3 is 2. The van der Waals surface area contributed by atoms with Gasteiger partial charge in [-0.2, -0.15) is 0 Å². The molecule has 1 aromatic carbocycles. The average molecular weight is 413 g/mol. The highest BCUT2D eigenvalue weighted by molar-refractivity contribution is 5.74. The fourth-order valence-corrected chi connectivity index (χ4v) is 3.66. The van der Waals surface area contributed by atoms with Crippen molar-refractivity contribution in [2.45, 2.75) is 19.5 Å². The first kappa shape index (κ1) is 20.2. The monoisotopic (exact) mass is 413 g/mol. The number of nitrogens with one attached hydrogen (secondary N) is 1. The molecule has 0 atom stereocenters. The van der Waals surface area contributed by atoms with Crippen LogP contribution in [0.15, 0.2) is 24.4 Å². The summed E-state index contributed by atoms with van der Waals surface area (Å²) in [7, 11) is 3.19. The summed E-state index contributed by atoms with van der Waals surface area (Å²) in [6, 6.07) is 5.50. The quantitative estimate of drug-likeness (QED) is 0.796. The predicted molar refractivity (Wildman–Crippen MR) is 111 cm³/mol. The second-order valence-corrected chi connectivity index (χ2v) is 7.26. The van der Waals surface area contributed by atoms with Crippen molar-refractivity contribution < 1.29 is 19.0 Å². The second-order valence-electron chi connectivity index (χ2n) is 7.26. The Kier molecular flexibility index (Phi) is 6.18. The van der Waals surface area contributed by atoms with E-state index in [-0.39, 0.29) is 6.03 Å². The minimum atomic E-state index is -0.109. The van der Waals surface area contributed by atoms with Gasteiger partial charge in [-0.1, -0.05) is 6.07 Å². The van der Waals surface area contributed by atoms with E-state index in [0.29, 0.717) is 50.3 Å². The number of anilines is 1. The molecule has 0 saturated carbocycles. The Balaban J connectivity index is 1.38. The van der Waals surface area contributed by atoms with Gasteiger partial charge >= 0.3 is 6.03 Å². The third-order valence-corrected chi connectivity index (χ3v) is 5.41. The van der Waals surface area contributed by atoms with Gasteiger partial charge in [0.15, 0.2) is 11.5 Å². The first-order chi connectivity index (χ1) is 14.7. The molecule has 160 valence electrons. The molecule has 0 spiro atoms. The maximum absolute atomic E-state index is 12.7. The lowest BCUT2D eigenvalue weighted by atomic mass is 10.1. The number of hydrogen-bond donors (Lipinski definition) is 1. The molecule has 1 aromatic heterocycles. The minimum Gasteiger partial charge on any atom is -0.493 e. The van der Waals surface area contributed by atoms with Crippen molar-refractivity contribution in [2.24, 2.45) is 0 Å². The predicted octanol–water partition coefficient (Wildman–Crippen LogP) is 1.60. The van der Waals surface area contributed by atoms with Gasteiger partial charge in [-0.15, -0.1) is 0 Å². The molecule has 0 bridgehead atoms. The highest BCUT2D eigenvalue weighted by Crippen LogP contribution is 2.27. The van der Waals surface area contributed by atoms with Crippen molar-refractivity contribution >= 4 is 12.0 Å². The zero-order chi connectivity index (χ0) is 20.9. The lowest BCUT2D eigenvalue weighted by Crippen LogP contribution is -2.43. The summed E-state index contributed by atoms with van der Waals surface area (Å²) >= 11 is 0. The number of rotatable bonds is 5. The molecule has 9 nitrogen and oxygen atoms in total. The summed E-state index contributed by atoms with van der Waals surface area (Å²) in [5, 5.41) is 2.99. The standard InChI is InChI=1S/C21H27N5O4/c1-28-18-4-3-15(11-19(18)29-2)12-23-21(27)26-6-5-16-13-22-20(24-17(16)14-26)25-7-9-30-10-8-25/h3-4,11,13H,5-10,12,14H2,1-2H3,(H,23,27). The summed E-state index contributed by atoms with van der Waals surface area (Å²) in [6.07, 6.45) is 2.65. The van der Waals surface area contributed by atoms with Crippen LogP contribution in [-0.2, 0) is 24.2 Å². The molecule has 0 unspecified atom stereocenters. The fourth-order valence-electron chi connectivity index (χ4n) is 3.66. The number of carbonyl (C=O) groups excluding carboxylic acids is 1. The average Bonchev–Trinajstić information content (AvgIpc) is 2.82. The largest absolute Gasteiger partial charge is 0.493 e. The minimum absolute atomic E-state index is 0.109. The Bertz CT molecular complexity index is 901. The van der Waals surface area contributed by atoms with Gasteiger partial charge in [0.1, 0.15) is 0 Å². The lowest BCUT2D eigenvalue weighted by molar-refractivity contribution is 0.122. The molecule has 3 heterocycles. The van der Waals surface area contributed by atoms with E-state index >= 15 is 0 Å². The topological polar surface area (TPSA) is 89.1 Å². The first-order valence-electron chi connectivity index (χ1n) is 10.1. The Morgan fingerprint density at radius 1 is 1.17 bits per heavy atom. The van der Waals surface area contributed by atoms with Crippen molar-refractivity contribution in [3.63, 3.8) is 0 Å². The van der Waals surface area contributed by atoms with E-state index in [9.17, 15) is 4.79 Å². The van der Waals surface area contributed by atoms with E-state index in [0.717, 1.165) is 36.3 Å². The van der Waals surface area contributed by atoms with Crippen molar-refractivity contribution in [1.29, 1.82) is 0 Å². The van der Waals surface area contributed by atoms with Crippen LogP contribution >= 0.6 is 0 Å². The van der Waals surface area contributed by atoms with Gasteiger partial charge in [0, 0.05) is 32.4 Å². The van der Waals surface area contributed by atoms with E-state index < -0.39 is 0 Å². The van der Waals surface area contributed by atoms with E-state index in [1.807, 2.05) is 24.4 Å². The Morgan fingerprint density at radius 2 is 1.97 bits per heavy atom. The Hall–Kier alpha value is -3.07. The number of morpholine rings is 1. The van der Waals surface area contributed by atoms with Crippen LogP contribution in [0, 0.1) is 0 Å². The Labute approximate surface area is 176 Å². The summed E-state index contributed by atoms with van der Waals surface area (Å²) in [5.41, 5.74) is 2.96. The van der Waals surface area contributed by atoms with Gasteiger partial charge < -0.3 is 29.3 Å². The molecule has 1 fully saturated rings. The number of amides is 2. The van der Waals surface area contributed by atoms with Gasteiger partial charge in [0.2, 0.25) is 5.95 Å². The fraction of sp³-hybridized carbons (Fsp3) is 0.476. The highest BCUT2D eigenvalue weighted by Gasteiger charge is 2.24. The van der Waals surface area contributed by atoms with Crippen LogP contribution in [0.5, 0.6) is 11.5 Å². The molecular formula is C21H27N5O4. The number of urea groups is 1. The third-order valence-electron chi connectivity index (χ3n) is 5.41. The number of hydrogen-bond acceptors (Lipinski definition) is 7.